The van der Waals surface area contributed by atoms with Crippen LogP contribution in [-0.4, -0.2) is 6.04 Å². The Hall–Kier alpha value is -1.39. The van der Waals surface area contributed by atoms with Gasteiger partial charge < -0.3 is 10.1 Å². The number of hydrogen-bond acceptors (Lipinski definition) is 2. The summed E-state index contributed by atoms with van der Waals surface area (Å²) in [6, 6.07) is 11.0. The van der Waals surface area contributed by atoms with Crippen LogP contribution in [0.15, 0.2) is 40.9 Å². The Morgan fingerprint density at radius 2 is 1.95 bits per heavy atom. The van der Waals surface area contributed by atoms with E-state index in [-0.39, 0.29) is 11.6 Å². The van der Waals surface area contributed by atoms with Crippen molar-refractivity contribution >= 4 is 15.9 Å². The minimum atomic E-state index is -0.382. The van der Waals surface area contributed by atoms with Gasteiger partial charge in [0.05, 0.1) is 0 Å². The van der Waals surface area contributed by atoms with Gasteiger partial charge >= 0.3 is 0 Å². The Morgan fingerprint density at radius 3 is 2.57 bits per heavy atom. The third-order valence-corrected chi connectivity index (χ3v) is 3.63. The predicted octanol–water partition coefficient (Wildman–Crippen LogP) is 5.19. The molecule has 1 N–H and O–H groups in total. The standard InChI is InChI=1S/C17H19BrFNO/c1-11(2)20-10-13-4-6-15(8-12(13)3)21-17-7-5-14(18)9-16(17)19/h4-9,11,20H,10H2,1-3H3. The molecule has 0 heterocycles. The number of halogens is 2. The van der Waals surface area contributed by atoms with Crippen molar-refractivity contribution in [2.24, 2.45) is 0 Å². The Labute approximate surface area is 133 Å². The first kappa shape index (κ1) is 16.0. The van der Waals surface area contributed by atoms with Gasteiger partial charge in [0.25, 0.3) is 0 Å². The van der Waals surface area contributed by atoms with Crippen LogP contribution in [-0.2, 0) is 6.54 Å². The molecule has 112 valence electrons. The molecule has 2 rings (SSSR count). The van der Waals surface area contributed by atoms with E-state index >= 15 is 0 Å². The Balaban J connectivity index is 2.12. The van der Waals surface area contributed by atoms with Gasteiger partial charge in [-0.2, -0.15) is 0 Å². The molecule has 0 bridgehead atoms. The van der Waals surface area contributed by atoms with E-state index in [1.54, 1.807) is 12.1 Å². The molecule has 0 radical (unpaired) electrons. The van der Waals surface area contributed by atoms with Crippen LogP contribution in [0.25, 0.3) is 0 Å². The molecule has 0 aliphatic carbocycles. The normalized spacial score (nSPS) is 11.0. The second-order valence-electron chi connectivity index (χ2n) is 5.30. The zero-order chi connectivity index (χ0) is 15.4. The van der Waals surface area contributed by atoms with Gasteiger partial charge in [0, 0.05) is 17.1 Å². The third-order valence-electron chi connectivity index (χ3n) is 3.14. The summed E-state index contributed by atoms with van der Waals surface area (Å²) in [5.41, 5.74) is 2.34. The Bertz CT molecular complexity index is 628. The summed E-state index contributed by atoms with van der Waals surface area (Å²) >= 11 is 3.23. The van der Waals surface area contributed by atoms with E-state index in [0.717, 1.165) is 12.1 Å². The highest BCUT2D eigenvalue weighted by Crippen LogP contribution is 2.28. The van der Waals surface area contributed by atoms with Gasteiger partial charge in [-0.05, 0) is 48.4 Å². The molecule has 2 aromatic rings. The molecule has 21 heavy (non-hydrogen) atoms. The zero-order valence-corrected chi connectivity index (χ0v) is 14.0. The highest BCUT2D eigenvalue weighted by molar-refractivity contribution is 9.10. The van der Waals surface area contributed by atoms with Crippen molar-refractivity contribution < 1.29 is 9.13 Å². The van der Waals surface area contributed by atoms with Crippen LogP contribution in [0.5, 0.6) is 11.5 Å². The summed E-state index contributed by atoms with van der Waals surface area (Å²) in [6.45, 7) is 7.07. The van der Waals surface area contributed by atoms with Gasteiger partial charge in [0.2, 0.25) is 0 Å². The van der Waals surface area contributed by atoms with Crippen LogP contribution >= 0.6 is 15.9 Å². The maximum absolute atomic E-state index is 13.8. The smallest absolute Gasteiger partial charge is 0.166 e. The number of nitrogens with one attached hydrogen (secondary N) is 1. The topological polar surface area (TPSA) is 21.3 Å². The summed E-state index contributed by atoms with van der Waals surface area (Å²) in [5, 5.41) is 3.38. The van der Waals surface area contributed by atoms with Gasteiger partial charge in [-0.1, -0.05) is 35.8 Å². The molecule has 0 aliphatic rings. The van der Waals surface area contributed by atoms with Gasteiger partial charge in [0.15, 0.2) is 11.6 Å². The number of benzene rings is 2. The van der Waals surface area contributed by atoms with E-state index in [9.17, 15) is 4.39 Å². The lowest BCUT2D eigenvalue weighted by molar-refractivity contribution is 0.441. The summed E-state index contributed by atoms with van der Waals surface area (Å²) < 4.78 is 20.1. The Morgan fingerprint density at radius 1 is 1.19 bits per heavy atom. The first-order valence-corrected chi connectivity index (χ1v) is 7.71. The van der Waals surface area contributed by atoms with Crippen molar-refractivity contribution in [3.05, 3.63) is 57.8 Å². The average molecular weight is 352 g/mol. The zero-order valence-electron chi connectivity index (χ0n) is 12.4. The molecule has 0 fully saturated rings. The molecule has 0 spiro atoms. The summed E-state index contributed by atoms with van der Waals surface area (Å²) in [6.07, 6.45) is 0. The molecule has 0 aromatic heterocycles. The van der Waals surface area contributed by atoms with Crippen LogP contribution in [0.4, 0.5) is 4.39 Å². The predicted molar refractivity (Wildman–Crippen MR) is 87.3 cm³/mol. The van der Waals surface area contributed by atoms with Crippen LogP contribution in [0.3, 0.4) is 0 Å². The third kappa shape index (κ3) is 4.55. The molecule has 0 unspecified atom stereocenters. The van der Waals surface area contributed by atoms with E-state index in [1.807, 2.05) is 25.1 Å². The first-order valence-electron chi connectivity index (χ1n) is 6.91. The summed E-state index contributed by atoms with van der Waals surface area (Å²) in [4.78, 5) is 0. The van der Waals surface area contributed by atoms with E-state index in [0.29, 0.717) is 16.3 Å². The van der Waals surface area contributed by atoms with Crippen molar-refractivity contribution in [1.82, 2.24) is 5.32 Å². The second kappa shape index (κ2) is 7.05. The van der Waals surface area contributed by atoms with E-state index in [4.69, 9.17) is 4.74 Å². The van der Waals surface area contributed by atoms with Crippen LogP contribution in [0.2, 0.25) is 0 Å². The van der Waals surface area contributed by atoms with Gasteiger partial charge in [-0.15, -0.1) is 0 Å². The fourth-order valence-corrected chi connectivity index (χ4v) is 2.26. The largest absolute Gasteiger partial charge is 0.454 e. The maximum Gasteiger partial charge on any atom is 0.166 e. The number of hydrogen-bond donors (Lipinski definition) is 1. The SMILES string of the molecule is Cc1cc(Oc2ccc(Br)cc2F)ccc1CNC(C)C. The average Bonchev–Trinajstić information content (AvgIpc) is 2.41. The minimum absolute atomic E-state index is 0.227. The lowest BCUT2D eigenvalue weighted by Gasteiger charge is -2.13. The monoisotopic (exact) mass is 351 g/mol. The van der Waals surface area contributed by atoms with Gasteiger partial charge in [0.1, 0.15) is 5.75 Å². The van der Waals surface area contributed by atoms with Gasteiger partial charge in [-0.3, -0.25) is 0 Å². The molecule has 4 heteroatoms. The van der Waals surface area contributed by atoms with Crippen molar-refractivity contribution in [3.8, 4) is 11.5 Å². The molecule has 0 atom stereocenters. The lowest BCUT2D eigenvalue weighted by atomic mass is 10.1. The molecule has 0 saturated carbocycles. The van der Waals surface area contributed by atoms with Crippen LogP contribution in [0, 0.1) is 12.7 Å². The fourth-order valence-electron chi connectivity index (χ4n) is 1.93. The fraction of sp³-hybridized carbons (Fsp3) is 0.294. The van der Waals surface area contributed by atoms with Crippen molar-refractivity contribution in [2.75, 3.05) is 0 Å². The molecule has 0 amide bonds. The van der Waals surface area contributed by atoms with Crippen molar-refractivity contribution in [1.29, 1.82) is 0 Å². The van der Waals surface area contributed by atoms with Crippen molar-refractivity contribution in [2.45, 2.75) is 33.4 Å². The van der Waals surface area contributed by atoms with Gasteiger partial charge in [-0.25, -0.2) is 4.39 Å². The highest BCUT2D eigenvalue weighted by Gasteiger charge is 2.07. The number of aryl methyl sites for hydroxylation is 1. The summed E-state index contributed by atoms with van der Waals surface area (Å²) in [5.74, 6) is 0.486. The van der Waals surface area contributed by atoms with E-state index < -0.39 is 0 Å². The molecule has 2 nitrogen and oxygen atoms in total. The number of rotatable bonds is 5. The van der Waals surface area contributed by atoms with Crippen molar-refractivity contribution in [3.63, 3.8) is 0 Å². The van der Waals surface area contributed by atoms with E-state index in [1.165, 1.54) is 11.6 Å². The molecule has 2 aromatic carbocycles. The van der Waals surface area contributed by atoms with Crippen LogP contribution in [0.1, 0.15) is 25.0 Å². The number of ether oxygens (including phenoxy) is 1. The van der Waals surface area contributed by atoms with E-state index in [2.05, 4.69) is 35.1 Å². The second-order valence-corrected chi connectivity index (χ2v) is 6.22. The minimum Gasteiger partial charge on any atom is -0.454 e. The summed E-state index contributed by atoms with van der Waals surface area (Å²) in [7, 11) is 0. The molecular weight excluding hydrogens is 333 g/mol. The molecule has 0 aliphatic heterocycles. The Kier molecular flexibility index (Phi) is 5.37. The molecular formula is C17H19BrFNO. The molecule has 0 saturated heterocycles. The quantitative estimate of drug-likeness (QED) is 0.800. The first-order chi connectivity index (χ1) is 9.95. The highest BCUT2D eigenvalue weighted by atomic mass is 79.9. The lowest BCUT2D eigenvalue weighted by Crippen LogP contribution is -2.22. The van der Waals surface area contributed by atoms with Crippen LogP contribution < -0.4 is 10.1 Å². The maximum atomic E-state index is 13.8.